The zero-order valence-corrected chi connectivity index (χ0v) is 24.4. The lowest BCUT2D eigenvalue weighted by atomic mass is 10.0. The first-order valence-electron chi connectivity index (χ1n) is 14.7. The van der Waals surface area contributed by atoms with Crippen LogP contribution in [0.15, 0.2) is 65.6 Å². The average Bonchev–Trinajstić information content (AvgIpc) is 3.04. The average molecular weight is 625 g/mol. The number of nitrogens with zero attached hydrogens (tertiary/aromatic N) is 4. The van der Waals surface area contributed by atoms with Crippen LogP contribution in [-0.4, -0.2) is 76.1 Å². The van der Waals surface area contributed by atoms with E-state index in [1.807, 2.05) is 12.1 Å². The summed E-state index contributed by atoms with van der Waals surface area (Å²) >= 11 is 0. The molecule has 13 heteroatoms. The lowest BCUT2D eigenvalue weighted by Crippen LogP contribution is -2.49. The van der Waals surface area contributed by atoms with E-state index in [0.29, 0.717) is 67.6 Å². The number of alkyl halides is 3. The number of carbonyl (C=O) groups is 2. The van der Waals surface area contributed by atoms with Gasteiger partial charge in [0.25, 0.3) is 17.4 Å². The number of fused-ring (bicyclic) bond motifs is 1. The Labute approximate surface area is 256 Å². The van der Waals surface area contributed by atoms with Crippen molar-refractivity contribution in [3.63, 3.8) is 0 Å². The molecule has 1 aliphatic rings. The number of halogens is 4. The van der Waals surface area contributed by atoms with E-state index in [2.05, 4.69) is 25.4 Å². The molecule has 1 fully saturated rings. The van der Waals surface area contributed by atoms with Crippen LogP contribution in [0.1, 0.15) is 56.9 Å². The van der Waals surface area contributed by atoms with Gasteiger partial charge in [-0.05, 0) is 55.3 Å². The lowest BCUT2D eigenvalue weighted by molar-refractivity contribution is -0.141. The molecule has 0 radical (unpaired) electrons. The van der Waals surface area contributed by atoms with Crippen molar-refractivity contribution < 1.29 is 27.2 Å². The number of carbonyl (C=O) groups excluding carboxylic acids is 2. The van der Waals surface area contributed by atoms with Gasteiger partial charge in [0.2, 0.25) is 0 Å². The molecule has 0 atom stereocenters. The van der Waals surface area contributed by atoms with Crippen LogP contribution in [0, 0.1) is 5.82 Å². The topological polar surface area (TPSA) is 111 Å². The maximum Gasteiger partial charge on any atom is 0.433 e. The molecular formula is C32H32F4N6O3. The van der Waals surface area contributed by atoms with Gasteiger partial charge in [-0.15, -0.1) is 0 Å². The Hall–Kier alpha value is -4.65. The van der Waals surface area contributed by atoms with Crippen molar-refractivity contribution in [2.45, 2.75) is 31.9 Å². The van der Waals surface area contributed by atoms with E-state index in [1.54, 1.807) is 29.2 Å². The van der Waals surface area contributed by atoms with Gasteiger partial charge in [0.15, 0.2) is 0 Å². The minimum Gasteiger partial charge on any atom is -0.352 e. The van der Waals surface area contributed by atoms with Crippen molar-refractivity contribution in [2.75, 3.05) is 39.3 Å². The van der Waals surface area contributed by atoms with Crippen LogP contribution in [-0.2, 0) is 12.6 Å². The van der Waals surface area contributed by atoms with Crippen molar-refractivity contribution in [1.29, 1.82) is 0 Å². The highest BCUT2D eigenvalue weighted by Gasteiger charge is 2.32. The maximum absolute atomic E-state index is 14.8. The lowest BCUT2D eigenvalue weighted by Gasteiger charge is -2.35. The van der Waals surface area contributed by atoms with Crippen LogP contribution in [0.4, 0.5) is 17.6 Å². The van der Waals surface area contributed by atoms with E-state index < -0.39 is 23.6 Å². The quantitative estimate of drug-likeness (QED) is 0.200. The largest absolute Gasteiger partial charge is 0.433 e. The Morgan fingerprint density at radius 1 is 0.933 bits per heavy atom. The third-order valence-electron chi connectivity index (χ3n) is 7.82. The van der Waals surface area contributed by atoms with E-state index in [1.165, 1.54) is 6.07 Å². The number of unbranched alkanes of at least 4 members (excludes halogenated alkanes) is 2. The number of rotatable bonds is 10. The van der Waals surface area contributed by atoms with Gasteiger partial charge in [-0.1, -0.05) is 30.7 Å². The molecule has 4 aromatic rings. The first-order chi connectivity index (χ1) is 21.6. The highest BCUT2D eigenvalue weighted by Crippen LogP contribution is 2.27. The second kappa shape index (κ2) is 14.0. The summed E-state index contributed by atoms with van der Waals surface area (Å²) in [6.45, 7) is 3.43. The van der Waals surface area contributed by atoms with Crippen molar-refractivity contribution in [3.8, 4) is 0 Å². The number of H-pyrrole nitrogens is 1. The molecule has 3 heterocycles. The maximum atomic E-state index is 14.8. The fourth-order valence-corrected chi connectivity index (χ4v) is 5.33. The number of aromatic amines is 1. The Morgan fingerprint density at radius 2 is 1.69 bits per heavy atom. The summed E-state index contributed by atoms with van der Waals surface area (Å²) in [7, 11) is 0. The minimum atomic E-state index is -4.55. The van der Waals surface area contributed by atoms with Gasteiger partial charge in [0, 0.05) is 50.7 Å². The molecule has 2 amide bonds. The molecule has 2 aromatic heterocycles. The summed E-state index contributed by atoms with van der Waals surface area (Å²) in [5.41, 5.74) is 0.0736. The van der Waals surface area contributed by atoms with Crippen molar-refractivity contribution >= 4 is 22.6 Å². The van der Waals surface area contributed by atoms with Gasteiger partial charge in [-0.2, -0.15) is 18.3 Å². The molecule has 0 aliphatic carbocycles. The molecule has 5 rings (SSSR count). The van der Waals surface area contributed by atoms with Gasteiger partial charge >= 0.3 is 6.18 Å². The van der Waals surface area contributed by atoms with Crippen LogP contribution >= 0.6 is 0 Å². The number of hydrogen-bond donors (Lipinski definition) is 2. The second-order valence-corrected chi connectivity index (χ2v) is 10.9. The molecular weight excluding hydrogens is 592 g/mol. The summed E-state index contributed by atoms with van der Waals surface area (Å²) < 4.78 is 52.7. The van der Waals surface area contributed by atoms with Crippen molar-refractivity contribution in [2.24, 2.45) is 0 Å². The summed E-state index contributed by atoms with van der Waals surface area (Å²) in [5.74, 6) is -1.43. The number of hydrogen-bond acceptors (Lipinski definition) is 6. The fourth-order valence-electron chi connectivity index (χ4n) is 5.33. The van der Waals surface area contributed by atoms with Crippen LogP contribution in [0.5, 0.6) is 0 Å². The molecule has 9 nitrogen and oxygen atoms in total. The van der Waals surface area contributed by atoms with E-state index in [-0.39, 0.29) is 22.6 Å². The van der Waals surface area contributed by atoms with Gasteiger partial charge in [-0.3, -0.25) is 24.3 Å². The summed E-state index contributed by atoms with van der Waals surface area (Å²) in [6, 6.07) is 13.5. The molecule has 0 spiro atoms. The first kappa shape index (κ1) is 31.8. The van der Waals surface area contributed by atoms with E-state index in [0.717, 1.165) is 37.7 Å². The van der Waals surface area contributed by atoms with E-state index >= 15 is 0 Å². The first-order valence-corrected chi connectivity index (χ1v) is 14.7. The predicted octanol–water partition coefficient (Wildman–Crippen LogP) is 4.42. The van der Waals surface area contributed by atoms with E-state index in [9.17, 15) is 31.9 Å². The summed E-state index contributed by atoms with van der Waals surface area (Å²) in [6.07, 6.45) is -0.900. The highest BCUT2D eigenvalue weighted by atomic mass is 19.4. The standard InChI is InChI=1S/C32H32F4N6O3/c33-26-10-8-21(19-27-23-6-2-3-7-24(23)30(44)40-39-27)18-25(26)31(45)42-16-14-41(15-17-42)13-5-1-4-12-37-29(43)22-9-11-28(38-20-22)32(34,35)36/h2-3,6-11,18,20H,1,4-5,12-17,19H2,(H,37,43)(H,40,44). The van der Waals surface area contributed by atoms with Crippen LogP contribution < -0.4 is 10.9 Å². The highest BCUT2D eigenvalue weighted by molar-refractivity contribution is 5.95. The molecule has 236 valence electrons. The van der Waals surface area contributed by atoms with Gasteiger partial charge < -0.3 is 10.2 Å². The molecule has 45 heavy (non-hydrogen) atoms. The monoisotopic (exact) mass is 624 g/mol. The third kappa shape index (κ3) is 7.90. The molecule has 1 aliphatic heterocycles. The molecule has 1 saturated heterocycles. The van der Waals surface area contributed by atoms with Crippen LogP contribution in [0.3, 0.4) is 0 Å². The Balaban J connectivity index is 1.05. The van der Waals surface area contributed by atoms with Crippen LogP contribution in [0.2, 0.25) is 0 Å². The van der Waals surface area contributed by atoms with Gasteiger partial charge in [-0.25, -0.2) is 9.49 Å². The Bertz CT molecular complexity index is 1720. The van der Waals surface area contributed by atoms with Crippen molar-refractivity contribution in [1.82, 2.24) is 30.3 Å². The van der Waals surface area contributed by atoms with E-state index in [4.69, 9.17) is 0 Å². The molecule has 0 saturated carbocycles. The number of aromatic nitrogens is 3. The number of piperazine rings is 1. The normalized spacial score (nSPS) is 14.1. The molecule has 0 bridgehead atoms. The summed E-state index contributed by atoms with van der Waals surface area (Å²) in [5, 5.41) is 10.6. The number of amides is 2. The van der Waals surface area contributed by atoms with Crippen LogP contribution in [0.25, 0.3) is 10.8 Å². The molecule has 2 N–H and O–H groups in total. The third-order valence-corrected chi connectivity index (χ3v) is 7.82. The second-order valence-electron chi connectivity index (χ2n) is 10.9. The van der Waals surface area contributed by atoms with Gasteiger partial charge in [0.1, 0.15) is 11.5 Å². The summed E-state index contributed by atoms with van der Waals surface area (Å²) in [4.78, 5) is 44.7. The zero-order valence-electron chi connectivity index (χ0n) is 24.4. The minimum absolute atomic E-state index is 0.00352. The Morgan fingerprint density at radius 3 is 2.40 bits per heavy atom. The predicted molar refractivity (Wildman–Crippen MR) is 159 cm³/mol. The number of benzene rings is 2. The SMILES string of the molecule is O=C(NCCCCCN1CCN(C(=O)c2cc(Cc3n[nH]c(=O)c4ccccc34)ccc2F)CC1)c1ccc(C(F)(F)F)nc1. The zero-order chi connectivity index (χ0) is 32.0. The molecule has 2 aromatic carbocycles. The number of pyridine rings is 1. The smallest absolute Gasteiger partial charge is 0.352 e. The fraction of sp³-hybridized carbons (Fsp3) is 0.344. The molecule has 0 unspecified atom stereocenters. The Kier molecular flexibility index (Phi) is 9.87. The number of nitrogens with one attached hydrogen (secondary N) is 2. The van der Waals surface area contributed by atoms with Crippen molar-refractivity contribution in [3.05, 3.63) is 105 Å². The van der Waals surface area contributed by atoms with Gasteiger partial charge in [0.05, 0.1) is 22.2 Å².